The molecular weight excluding hydrogens is 330 g/mol. The van der Waals surface area contributed by atoms with E-state index in [2.05, 4.69) is 22.2 Å². The van der Waals surface area contributed by atoms with E-state index >= 15 is 0 Å². The first-order chi connectivity index (χ1) is 12.7. The number of hydrogen-bond acceptors (Lipinski definition) is 6. The molecule has 142 valence electrons. The summed E-state index contributed by atoms with van der Waals surface area (Å²) in [5.41, 5.74) is 1.14. The first-order valence-corrected chi connectivity index (χ1v) is 9.09. The summed E-state index contributed by atoms with van der Waals surface area (Å²) in [6.45, 7) is 5.51. The molecule has 6 nitrogen and oxygen atoms in total. The summed E-state index contributed by atoms with van der Waals surface area (Å²) >= 11 is 0. The van der Waals surface area contributed by atoms with Crippen LogP contribution in [0.15, 0.2) is 24.4 Å². The van der Waals surface area contributed by atoms with Gasteiger partial charge in [-0.15, -0.1) is 0 Å². The molecule has 1 aromatic carbocycles. The fourth-order valence-corrected chi connectivity index (χ4v) is 2.58. The fourth-order valence-electron chi connectivity index (χ4n) is 2.58. The van der Waals surface area contributed by atoms with Gasteiger partial charge in [0.05, 0.1) is 27.0 Å². The van der Waals surface area contributed by atoms with Gasteiger partial charge in [0.2, 0.25) is 0 Å². The second-order valence-electron chi connectivity index (χ2n) is 6.04. The van der Waals surface area contributed by atoms with Gasteiger partial charge in [-0.25, -0.2) is 9.97 Å². The topological polar surface area (TPSA) is 65.5 Å². The van der Waals surface area contributed by atoms with E-state index in [0.717, 1.165) is 60.9 Å². The molecule has 1 aromatic heterocycles. The van der Waals surface area contributed by atoms with Crippen LogP contribution in [0.1, 0.15) is 37.6 Å². The van der Waals surface area contributed by atoms with Crippen LogP contribution in [0.2, 0.25) is 0 Å². The summed E-state index contributed by atoms with van der Waals surface area (Å²) in [6.07, 6.45) is 5.70. The van der Waals surface area contributed by atoms with Crippen molar-refractivity contribution in [3.8, 4) is 17.2 Å². The number of aromatic nitrogens is 2. The summed E-state index contributed by atoms with van der Waals surface area (Å²) in [5.74, 6) is 3.84. The van der Waals surface area contributed by atoms with Crippen LogP contribution in [-0.4, -0.2) is 37.3 Å². The lowest BCUT2D eigenvalue weighted by molar-refractivity contribution is 0.308. The molecule has 1 heterocycles. The molecule has 1 N–H and O–H groups in total. The number of hydrogen-bond donors (Lipinski definition) is 1. The Kier molecular flexibility index (Phi) is 7.99. The van der Waals surface area contributed by atoms with E-state index in [1.54, 1.807) is 20.4 Å². The number of methoxy groups -OCH3 is 2. The average Bonchev–Trinajstić information content (AvgIpc) is 2.66. The zero-order chi connectivity index (χ0) is 18.8. The van der Waals surface area contributed by atoms with Crippen LogP contribution >= 0.6 is 0 Å². The van der Waals surface area contributed by atoms with Crippen LogP contribution in [0.5, 0.6) is 17.2 Å². The molecule has 0 saturated heterocycles. The molecule has 2 aromatic rings. The van der Waals surface area contributed by atoms with Gasteiger partial charge >= 0.3 is 0 Å². The number of anilines is 1. The highest BCUT2D eigenvalue weighted by atomic mass is 16.5. The van der Waals surface area contributed by atoms with Gasteiger partial charge in [-0.2, -0.15) is 0 Å². The van der Waals surface area contributed by atoms with Crippen LogP contribution < -0.4 is 19.5 Å². The van der Waals surface area contributed by atoms with Gasteiger partial charge in [0.25, 0.3) is 0 Å². The van der Waals surface area contributed by atoms with Crippen molar-refractivity contribution in [1.82, 2.24) is 9.97 Å². The number of rotatable bonds is 11. The maximum Gasteiger partial charge on any atom is 0.179 e. The Morgan fingerprint density at radius 2 is 1.92 bits per heavy atom. The fraction of sp³-hybridized carbons (Fsp3) is 0.500. The Hall–Kier alpha value is -2.50. The highest BCUT2D eigenvalue weighted by Gasteiger charge is 2.08. The third-order valence-corrected chi connectivity index (χ3v) is 4.04. The number of benzene rings is 1. The van der Waals surface area contributed by atoms with Crippen molar-refractivity contribution in [2.24, 2.45) is 0 Å². The van der Waals surface area contributed by atoms with Gasteiger partial charge in [0.1, 0.15) is 17.3 Å². The lowest BCUT2D eigenvalue weighted by Gasteiger charge is -2.13. The van der Waals surface area contributed by atoms with Crippen LogP contribution in [0.3, 0.4) is 0 Å². The molecule has 0 atom stereocenters. The third-order valence-electron chi connectivity index (χ3n) is 4.04. The van der Waals surface area contributed by atoms with Crippen LogP contribution in [-0.2, 0) is 6.42 Å². The SMILES string of the molecule is CCCCNc1nc(C)ncc1OCCCc1ccc(OC)cc1OC. The average molecular weight is 359 g/mol. The second-order valence-corrected chi connectivity index (χ2v) is 6.04. The predicted octanol–water partition coefficient (Wildman–Crippen LogP) is 4.03. The first-order valence-electron chi connectivity index (χ1n) is 9.09. The Bertz CT molecular complexity index is 692. The molecule has 0 fully saturated rings. The van der Waals surface area contributed by atoms with Gasteiger partial charge in [-0.05, 0) is 37.8 Å². The molecule has 0 spiro atoms. The summed E-state index contributed by atoms with van der Waals surface area (Å²) in [6, 6.07) is 5.88. The molecule has 0 unspecified atom stereocenters. The third kappa shape index (κ3) is 5.79. The van der Waals surface area contributed by atoms with Gasteiger partial charge in [0.15, 0.2) is 11.6 Å². The minimum absolute atomic E-state index is 0.587. The van der Waals surface area contributed by atoms with E-state index < -0.39 is 0 Å². The number of nitrogens with one attached hydrogen (secondary N) is 1. The van der Waals surface area contributed by atoms with E-state index in [0.29, 0.717) is 12.4 Å². The van der Waals surface area contributed by atoms with Crippen molar-refractivity contribution in [2.45, 2.75) is 39.5 Å². The Morgan fingerprint density at radius 1 is 1.08 bits per heavy atom. The van der Waals surface area contributed by atoms with E-state index in [1.165, 1.54) is 0 Å². The van der Waals surface area contributed by atoms with Crippen molar-refractivity contribution in [2.75, 3.05) is 32.7 Å². The van der Waals surface area contributed by atoms with Crippen molar-refractivity contribution in [3.63, 3.8) is 0 Å². The number of ether oxygens (including phenoxy) is 3. The van der Waals surface area contributed by atoms with E-state index in [9.17, 15) is 0 Å². The Balaban J connectivity index is 1.90. The van der Waals surface area contributed by atoms with Crippen LogP contribution in [0.25, 0.3) is 0 Å². The molecule has 0 amide bonds. The Labute approximate surface area is 155 Å². The largest absolute Gasteiger partial charge is 0.497 e. The molecule has 2 rings (SSSR count). The number of aryl methyl sites for hydroxylation is 2. The number of nitrogens with zero attached hydrogens (tertiary/aromatic N) is 2. The summed E-state index contributed by atoms with van der Waals surface area (Å²) in [7, 11) is 3.32. The monoisotopic (exact) mass is 359 g/mol. The van der Waals surface area contributed by atoms with Crippen molar-refractivity contribution < 1.29 is 14.2 Å². The maximum absolute atomic E-state index is 5.91. The highest BCUT2D eigenvalue weighted by molar-refractivity contribution is 5.48. The van der Waals surface area contributed by atoms with E-state index in [4.69, 9.17) is 14.2 Å². The van der Waals surface area contributed by atoms with Gasteiger partial charge < -0.3 is 19.5 Å². The Morgan fingerprint density at radius 3 is 2.65 bits per heavy atom. The molecule has 6 heteroatoms. The minimum atomic E-state index is 0.587. The van der Waals surface area contributed by atoms with E-state index in [-0.39, 0.29) is 0 Å². The molecule has 0 aliphatic carbocycles. The summed E-state index contributed by atoms with van der Waals surface area (Å²) in [5, 5.41) is 3.33. The van der Waals surface area contributed by atoms with Crippen LogP contribution in [0.4, 0.5) is 5.82 Å². The molecule has 0 bridgehead atoms. The van der Waals surface area contributed by atoms with Crippen molar-refractivity contribution in [3.05, 3.63) is 35.8 Å². The van der Waals surface area contributed by atoms with Crippen LogP contribution in [0, 0.1) is 6.92 Å². The minimum Gasteiger partial charge on any atom is -0.497 e. The first kappa shape index (κ1) is 19.8. The highest BCUT2D eigenvalue weighted by Crippen LogP contribution is 2.26. The van der Waals surface area contributed by atoms with Gasteiger partial charge in [-0.1, -0.05) is 19.4 Å². The molecule has 26 heavy (non-hydrogen) atoms. The summed E-state index contributed by atoms with van der Waals surface area (Å²) < 4.78 is 16.6. The number of unbranched alkanes of at least 4 members (excludes halogenated alkanes) is 1. The zero-order valence-electron chi connectivity index (χ0n) is 16.2. The lowest BCUT2D eigenvalue weighted by Crippen LogP contribution is -2.09. The molecule has 0 aliphatic heterocycles. The molecular formula is C20H29N3O3. The lowest BCUT2D eigenvalue weighted by atomic mass is 10.1. The van der Waals surface area contributed by atoms with Gasteiger partial charge in [-0.3, -0.25) is 0 Å². The second kappa shape index (κ2) is 10.5. The smallest absolute Gasteiger partial charge is 0.179 e. The molecule has 0 radical (unpaired) electrons. The zero-order valence-corrected chi connectivity index (χ0v) is 16.2. The van der Waals surface area contributed by atoms with Crippen molar-refractivity contribution in [1.29, 1.82) is 0 Å². The molecule has 0 saturated carbocycles. The summed E-state index contributed by atoms with van der Waals surface area (Å²) in [4.78, 5) is 8.69. The van der Waals surface area contributed by atoms with E-state index in [1.807, 2.05) is 25.1 Å². The van der Waals surface area contributed by atoms with Crippen molar-refractivity contribution >= 4 is 5.82 Å². The molecule has 0 aliphatic rings. The normalized spacial score (nSPS) is 10.5. The standard InChI is InChI=1S/C20H29N3O3/c1-5-6-11-21-20-19(14-22-15(2)23-20)26-12-7-8-16-9-10-17(24-3)13-18(16)25-4/h9-10,13-14H,5-8,11-12H2,1-4H3,(H,21,22,23). The maximum atomic E-state index is 5.91. The predicted molar refractivity (Wildman–Crippen MR) is 104 cm³/mol. The van der Waals surface area contributed by atoms with Gasteiger partial charge in [0, 0.05) is 12.6 Å². The quantitative estimate of drug-likeness (QED) is 0.611.